The van der Waals surface area contributed by atoms with Crippen molar-refractivity contribution >= 4 is 5.91 Å². The molecule has 1 saturated carbocycles. The standard InChI is InChI=1S/C19H24FN3O/c1-14-12-21-23(13-14)10-9-19(24)22-18-4-2-3-16(18)11-15-5-7-17(20)8-6-15/h5-8,12-13,16,18H,2-4,9-11H2,1H3,(H,22,24)/t16-,18-/m0/s1. The number of aromatic nitrogens is 2. The van der Waals surface area contributed by atoms with E-state index >= 15 is 0 Å². The highest BCUT2D eigenvalue weighted by Crippen LogP contribution is 2.29. The monoisotopic (exact) mass is 329 g/mol. The van der Waals surface area contributed by atoms with Crippen LogP contribution in [0.2, 0.25) is 0 Å². The molecule has 3 rings (SSSR count). The zero-order chi connectivity index (χ0) is 16.9. The van der Waals surface area contributed by atoms with Crippen LogP contribution in [-0.2, 0) is 17.8 Å². The normalized spacial score (nSPS) is 20.2. The molecule has 5 heteroatoms. The van der Waals surface area contributed by atoms with Crippen LogP contribution in [0.4, 0.5) is 4.39 Å². The van der Waals surface area contributed by atoms with Gasteiger partial charge >= 0.3 is 0 Å². The molecule has 0 saturated heterocycles. The van der Waals surface area contributed by atoms with E-state index in [1.807, 2.05) is 25.3 Å². The highest BCUT2D eigenvalue weighted by Gasteiger charge is 2.28. The van der Waals surface area contributed by atoms with E-state index in [1.165, 1.54) is 12.1 Å². The highest BCUT2D eigenvalue weighted by molar-refractivity contribution is 5.76. The van der Waals surface area contributed by atoms with E-state index in [-0.39, 0.29) is 17.8 Å². The third kappa shape index (κ3) is 4.43. The Morgan fingerprint density at radius 3 is 2.83 bits per heavy atom. The van der Waals surface area contributed by atoms with Gasteiger partial charge in [0.2, 0.25) is 5.91 Å². The largest absolute Gasteiger partial charge is 0.353 e. The second kappa shape index (κ2) is 7.60. The summed E-state index contributed by atoms with van der Waals surface area (Å²) in [5.74, 6) is 0.314. The van der Waals surface area contributed by atoms with Crippen molar-refractivity contribution in [3.05, 3.63) is 53.6 Å². The minimum Gasteiger partial charge on any atom is -0.353 e. The third-order valence-corrected chi connectivity index (χ3v) is 4.75. The maximum atomic E-state index is 13.0. The third-order valence-electron chi connectivity index (χ3n) is 4.75. The van der Waals surface area contributed by atoms with Crippen molar-refractivity contribution in [3.63, 3.8) is 0 Å². The number of rotatable bonds is 6. The van der Waals surface area contributed by atoms with Crippen LogP contribution in [0, 0.1) is 18.7 Å². The molecule has 0 unspecified atom stereocenters. The van der Waals surface area contributed by atoms with Crippen molar-refractivity contribution < 1.29 is 9.18 Å². The van der Waals surface area contributed by atoms with Crippen molar-refractivity contribution in [2.45, 2.75) is 51.6 Å². The number of carbonyl (C=O) groups is 1. The van der Waals surface area contributed by atoms with E-state index in [0.717, 1.165) is 36.8 Å². The number of halogens is 1. The smallest absolute Gasteiger partial charge is 0.222 e. The predicted molar refractivity (Wildman–Crippen MR) is 91.0 cm³/mol. The molecule has 1 amide bonds. The number of amides is 1. The average molecular weight is 329 g/mol. The molecule has 1 aromatic carbocycles. The van der Waals surface area contributed by atoms with Crippen molar-refractivity contribution in [1.29, 1.82) is 0 Å². The molecule has 2 atom stereocenters. The number of hydrogen-bond acceptors (Lipinski definition) is 2. The Bertz CT molecular complexity index is 680. The van der Waals surface area contributed by atoms with Crippen LogP contribution in [0.3, 0.4) is 0 Å². The predicted octanol–water partition coefficient (Wildman–Crippen LogP) is 3.25. The number of carbonyl (C=O) groups excluding carboxylic acids is 1. The molecule has 2 aromatic rings. The molecule has 1 aliphatic carbocycles. The molecule has 0 aliphatic heterocycles. The fourth-order valence-corrected chi connectivity index (χ4v) is 3.48. The van der Waals surface area contributed by atoms with Gasteiger partial charge in [0.15, 0.2) is 0 Å². The van der Waals surface area contributed by atoms with Gasteiger partial charge in [-0.3, -0.25) is 9.48 Å². The summed E-state index contributed by atoms with van der Waals surface area (Å²) in [6.45, 7) is 2.59. The first-order valence-electron chi connectivity index (χ1n) is 8.63. The molecule has 1 aromatic heterocycles. The van der Waals surface area contributed by atoms with E-state index < -0.39 is 0 Å². The maximum Gasteiger partial charge on any atom is 0.222 e. The van der Waals surface area contributed by atoms with Crippen LogP contribution < -0.4 is 5.32 Å². The molecule has 1 fully saturated rings. The Hall–Kier alpha value is -2.17. The summed E-state index contributed by atoms with van der Waals surface area (Å²) >= 11 is 0. The molecule has 0 bridgehead atoms. The van der Waals surface area contributed by atoms with Crippen molar-refractivity contribution in [3.8, 4) is 0 Å². The average Bonchev–Trinajstić information content (AvgIpc) is 3.17. The number of aryl methyl sites for hydroxylation is 2. The van der Waals surface area contributed by atoms with Crippen LogP contribution in [0.15, 0.2) is 36.7 Å². The number of nitrogens with zero attached hydrogens (tertiary/aromatic N) is 2. The lowest BCUT2D eigenvalue weighted by molar-refractivity contribution is -0.122. The fraction of sp³-hybridized carbons (Fsp3) is 0.474. The van der Waals surface area contributed by atoms with Gasteiger partial charge in [-0.15, -0.1) is 0 Å². The SMILES string of the molecule is Cc1cnn(CCC(=O)N[C@H]2CCC[C@H]2Cc2ccc(F)cc2)c1. The summed E-state index contributed by atoms with van der Waals surface area (Å²) in [6, 6.07) is 6.91. The summed E-state index contributed by atoms with van der Waals surface area (Å²) < 4.78 is 14.8. The Morgan fingerprint density at radius 2 is 2.12 bits per heavy atom. The highest BCUT2D eigenvalue weighted by atomic mass is 19.1. The number of hydrogen-bond donors (Lipinski definition) is 1. The van der Waals surface area contributed by atoms with Crippen LogP contribution in [-0.4, -0.2) is 21.7 Å². The minimum absolute atomic E-state index is 0.0826. The number of nitrogens with one attached hydrogen (secondary N) is 1. The molecule has 1 aliphatic rings. The van der Waals surface area contributed by atoms with Crippen LogP contribution >= 0.6 is 0 Å². The lowest BCUT2D eigenvalue weighted by Gasteiger charge is -2.21. The summed E-state index contributed by atoms with van der Waals surface area (Å²) in [7, 11) is 0. The van der Waals surface area contributed by atoms with E-state index in [9.17, 15) is 9.18 Å². The summed E-state index contributed by atoms with van der Waals surface area (Å²) in [4.78, 5) is 12.2. The lowest BCUT2D eigenvalue weighted by atomic mass is 9.94. The van der Waals surface area contributed by atoms with E-state index in [2.05, 4.69) is 10.4 Å². The molecule has 24 heavy (non-hydrogen) atoms. The molecule has 0 spiro atoms. The van der Waals surface area contributed by atoms with Gasteiger partial charge in [0.1, 0.15) is 5.82 Å². The molecule has 128 valence electrons. The van der Waals surface area contributed by atoms with E-state index in [0.29, 0.717) is 18.9 Å². The van der Waals surface area contributed by atoms with Gasteiger partial charge in [-0.2, -0.15) is 5.10 Å². The minimum atomic E-state index is -0.205. The quantitative estimate of drug-likeness (QED) is 0.884. The summed E-state index contributed by atoms with van der Waals surface area (Å²) in [5.41, 5.74) is 2.24. The first-order valence-corrected chi connectivity index (χ1v) is 8.63. The van der Waals surface area contributed by atoms with E-state index in [1.54, 1.807) is 10.9 Å². The Labute approximate surface area is 142 Å². The van der Waals surface area contributed by atoms with Crippen molar-refractivity contribution in [2.75, 3.05) is 0 Å². The zero-order valence-corrected chi connectivity index (χ0v) is 14.0. The maximum absolute atomic E-state index is 13.0. The van der Waals surface area contributed by atoms with Gasteiger partial charge in [0.05, 0.1) is 6.20 Å². The molecule has 1 heterocycles. The lowest BCUT2D eigenvalue weighted by Crippen LogP contribution is -2.38. The Kier molecular flexibility index (Phi) is 5.28. The second-order valence-corrected chi connectivity index (χ2v) is 6.73. The van der Waals surface area contributed by atoms with Gasteiger partial charge in [-0.25, -0.2) is 4.39 Å². The summed E-state index contributed by atoms with van der Waals surface area (Å²) in [5, 5.41) is 7.39. The first-order chi connectivity index (χ1) is 11.6. The van der Waals surface area contributed by atoms with Crippen molar-refractivity contribution in [2.24, 2.45) is 5.92 Å². The molecule has 4 nitrogen and oxygen atoms in total. The molecule has 0 radical (unpaired) electrons. The number of benzene rings is 1. The van der Waals surface area contributed by atoms with Gasteiger partial charge in [0.25, 0.3) is 0 Å². The topological polar surface area (TPSA) is 46.9 Å². The van der Waals surface area contributed by atoms with Crippen LogP contribution in [0.1, 0.15) is 36.8 Å². The molecular formula is C19H24FN3O. The fourth-order valence-electron chi connectivity index (χ4n) is 3.48. The van der Waals surface area contributed by atoms with Gasteiger partial charge in [-0.1, -0.05) is 18.6 Å². The van der Waals surface area contributed by atoms with Gasteiger partial charge in [-0.05, 0) is 55.4 Å². The Balaban J connectivity index is 1.49. The zero-order valence-electron chi connectivity index (χ0n) is 14.0. The Morgan fingerprint density at radius 1 is 1.33 bits per heavy atom. The molecular weight excluding hydrogens is 305 g/mol. The first kappa shape index (κ1) is 16.7. The van der Waals surface area contributed by atoms with E-state index in [4.69, 9.17) is 0 Å². The molecule has 1 N–H and O–H groups in total. The van der Waals surface area contributed by atoms with Crippen LogP contribution in [0.5, 0.6) is 0 Å². The van der Waals surface area contributed by atoms with Crippen molar-refractivity contribution in [1.82, 2.24) is 15.1 Å². The second-order valence-electron chi connectivity index (χ2n) is 6.73. The van der Waals surface area contributed by atoms with Gasteiger partial charge in [0, 0.05) is 25.2 Å². The summed E-state index contributed by atoms with van der Waals surface area (Å²) in [6.07, 6.45) is 8.35. The van der Waals surface area contributed by atoms with Gasteiger partial charge < -0.3 is 5.32 Å². The van der Waals surface area contributed by atoms with Crippen LogP contribution in [0.25, 0.3) is 0 Å².